The minimum Gasteiger partial charge on any atom is -0.456 e. The van der Waals surface area contributed by atoms with Crippen LogP contribution in [0.2, 0.25) is 0 Å². The van der Waals surface area contributed by atoms with Gasteiger partial charge in [-0.05, 0) is 126 Å². The van der Waals surface area contributed by atoms with Gasteiger partial charge in [0.2, 0.25) is 0 Å². The summed E-state index contributed by atoms with van der Waals surface area (Å²) in [5.41, 5.74) is 27.1. The molecular weight excluding hydrogens is 800 g/mol. The summed E-state index contributed by atoms with van der Waals surface area (Å²) in [4.78, 5) is 5.42. The normalized spacial score (nSPS) is 15.8. The molecule has 3 aliphatic heterocycles. The van der Waals surface area contributed by atoms with E-state index in [9.17, 15) is 0 Å². The van der Waals surface area contributed by atoms with Crippen LogP contribution in [0.3, 0.4) is 0 Å². The van der Waals surface area contributed by atoms with E-state index in [4.69, 9.17) is 4.42 Å². The van der Waals surface area contributed by atoms with E-state index in [1.54, 1.807) is 0 Å². The minimum absolute atomic E-state index is 0.0144. The molecule has 9 aromatic carbocycles. The average Bonchev–Trinajstić information content (AvgIpc) is 3.95. The number of anilines is 5. The molecule has 1 spiro atoms. The van der Waals surface area contributed by atoms with E-state index in [1.165, 1.54) is 117 Å². The first kappa shape index (κ1) is 36.7. The highest BCUT2D eigenvalue weighted by Gasteiger charge is 2.57. The molecule has 3 nitrogen and oxygen atoms in total. The fraction of sp³-hybridized carbons (Fsp3) is 0.129. The van der Waals surface area contributed by atoms with Crippen LogP contribution in [0.5, 0.6) is 0 Å². The number of furan rings is 1. The first-order chi connectivity index (χ1) is 32.2. The van der Waals surface area contributed by atoms with Crippen molar-refractivity contribution < 1.29 is 4.42 Å². The molecule has 4 heterocycles. The summed E-state index contributed by atoms with van der Waals surface area (Å²) in [5, 5.41) is 2.31. The van der Waals surface area contributed by atoms with Gasteiger partial charge in [-0.25, -0.2) is 0 Å². The number of rotatable bonds is 1. The molecule has 0 radical (unpaired) electrons. The molecule has 0 atom stereocenters. The smallest absolute Gasteiger partial charge is 0.333 e. The number of fused-ring (bicyclic) bond motifs is 21. The van der Waals surface area contributed by atoms with Crippen LogP contribution in [0.15, 0.2) is 186 Å². The SMILES string of the molecule is CC(C)(C)c1ccc(N2B3c4cccc5c4N(c4ccccc4C54c5ccccc5-c5ccccc54)c4c3c(cc3c4C(C)(C)c4ccccc4-3)-c3c2ccc2oc4ccccc4c32)cc1. The molecule has 0 unspecified atom stereocenters. The van der Waals surface area contributed by atoms with Gasteiger partial charge in [-0.15, -0.1) is 0 Å². The summed E-state index contributed by atoms with van der Waals surface area (Å²) >= 11 is 0. The lowest BCUT2D eigenvalue weighted by molar-refractivity contribution is 0.590. The zero-order chi connectivity index (χ0) is 44.0. The maximum absolute atomic E-state index is 6.76. The lowest BCUT2D eigenvalue weighted by Gasteiger charge is -2.52. The van der Waals surface area contributed by atoms with Gasteiger partial charge in [-0.3, -0.25) is 0 Å². The van der Waals surface area contributed by atoms with Crippen molar-refractivity contribution in [1.29, 1.82) is 0 Å². The Hall–Kier alpha value is -7.56. The second-order valence-corrected chi connectivity index (χ2v) is 20.7. The molecule has 0 fully saturated rings. The van der Waals surface area contributed by atoms with Gasteiger partial charge in [0.1, 0.15) is 11.2 Å². The standard InChI is InChI=1S/C62H45BN2O/c1-60(2,3)36-29-31-37(32-30-36)65-51-33-34-53-55(41-20-9-15-28-52(41)66-53)54(51)43-35-42-40-19-6-10-21-44(40)61(4,5)56(42)59-57(43)63(65)49-26-16-25-48-58(49)64(59)50-27-14-13-24-47(50)62(48)45-22-11-7-17-38(45)39-18-8-12-23-46(39)62/h6-35H,1-5H3. The highest BCUT2D eigenvalue weighted by atomic mass is 16.3. The first-order valence-corrected chi connectivity index (χ1v) is 23.6. The largest absolute Gasteiger partial charge is 0.456 e. The summed E-state index contributed by atoms with van der Waals surface area (Å²) < 4.78 is 6.76. The molecule has 0 N–H and O–H groups in total. The number of benzene rings is 9. The van der Waals surface area contributed by atoms with E-state index in [1.807, 2.05) is 0 Å². The third-order valence-electron chi connectivity index (χ3n) is 16.2. The minimum atomic E-state index is -0.532. The summed E-state index contributed by atoms with van der Waals surface area (Å²) in [7, 11) is 0. The Bertz CT molecular complexity index is 3760. The van der Waals surface area contributed by atoms with Crippen molar-refractivity contribution in [2.75, 3.05) is 9.71 Å². The Morgan fingerprint density at radius 2 is 1.12 bits per heavy atom. The lowest BCUT2D eigenvalue weighted by Crippen LogP contribution is -2.63. The number of hydrogen-bond donors (Lipinski definition) is 0. The van der Waals surface area contributed by atoms with Gasteiger partial charge in [0.15, 0.2) is 0 Å². The zero-order valence-electron chi connectivity index (χ0n) is 37.7. The summed E-state index contributed by atoms with van der Waals surface area (Å²) in [6, 6.07) is 69.3. The van der Waals surface area contributed by atoms with Gasteiger partial charge >= 0.3 is 6.85 Å². The van der Waals surface area contributed by atoms with Crippen LogP contribution in [0, 0.1) is 0 Å². The monoisotopic (exact) mass is 844 g/mol. The van der Waals surface area contributed by atoms with E-state index in [0.29, 0.717) is 0 Å². The fourth-order valence-electron chi connectivity index (χ4n) is 13.5. The molecule has 2 aliphatic carbocycles. The molecule has 4 heteroatoms. The van der Waals surface area contributed by atoms with Crippen LogP contribution in [-0.2, 0) is 16.2 Å². The third-order valence-corrected chi connectivity index (χ3v) is 16.2. The molecular formula is C62H45BN2O. The van der Waals surface area contributed by atoms with Crippen LogP contribution in [0.4, 0.5) is 28.4 Å². The molecule has 0 saturated heterocycles. The van der Waals surface area contributed by atoms with Gasteiger partial charge in [-0.1, -0.05) is 174 Å². The van der Waals surface area contributed by atoms with Crippen LogP contribution >= 0.6 is 0 Å². The van der Waals surface area contributed by atoms with Crippen molar-refractivity contribution in [1.82, 2.24) is 0 Å². The molecule has 5 aliphatic rings. The van der Waals surface area contributed by atoms with Crippen LogP contribution in [0.25, 0.3) is 55.3 Å². The molecule has 312 valence electrons. The molecule has 66 heavy (non-hydrogen) atoms. The van der Waals surface area contributed by atoms with E-state index < -0.39 is 5.41 Å². The summed E-state index contributed by atoms with van der Waals surface area (Å²) in [5.74, 6) is 0. The molecule has 0 amide bonds. The van der Waals surface area contributed by atoms with E-state index >= 15 is 0 Å². The number of para-hydroxylation sites is 3. The Labute approximate surface area is 385 Å². The predicted molar refractivity (Wildman–Crippen MR) is 275 cm³/mol. The van der Waals surface area contributed by atoms with Crippen LogP contribution in [0.1, 0.15) is 73.6 Å². The van der Waals surface area contributed by atoms with Crippen molar-refractivity contribution >= 4 is 68.1 Å². The van der Waals surface area contributed by atoms with Gasteiger partial charge in [0, 0.05) is 44.5 Å². The second-order valence-electron chi connectivity index (χ2n) is 20.7. The van der Waals surface area contributed by atoms with E-state index in [0.717, 1.165) is 16.6 Å². The van der Waals surface area contributed by atoms with Crippen molar-refractivity contribution in [2.24, 2.45) is 0 Å². The van der Waals surface area contributed by atoms with Crippen LogP contribution in [-0.4, -0.2) is 6.85 Å². The molecule has 1 aromatic heterocycles. The Kier molecular flexibility index (Phi) is 6.80. The fourth-order valence-corrected chi connectivity index (χ4v) is 13.5. The molecule has 0 bridgehead atoms. The average molecular weight is 845 g/mol. The Morgan fingerprint density at radius 3 is 1.85 bits per heavy atom. The zero-order valence-corrected chi connectivity index (χ0v) is 37.7. The Morgan fingerprint density at radius 1 is 0.500 bits per heavy atom. The lowest BCUT2D eigenvalue weighted by atomic mass is 9.41. The maximum atomic E-state index is 6.76. The van der Waals surface area contributed by atoms with Crippen LogP contribution < -0.4 is 20.6 Å². The van der Waals surface area contributed by atoms with Gasteiger partial charge in [-0.2, -0.15) is 0 Å². The summed E-state index contributed by atoms with van der Waals surface area (Å²) in [6.07, 6.45) is 0. The highest BCUT2D eigenvalue weighted by Crippen LogP contribution is 2.66. The van der Waals surface area contributed by atoms with Gasteiger partial charge in [0.25, 0.3) is 0 Å². The van der Waals surface area contributed by atoms with Crippen molar-refractivity contribution in [3.63, 3.8) is 0 Å². The Balaban J connectivity index is 1.15. The van der Waals surface area contributed by atoms with Gasteiger partial charge in [0.05, 0.1) is 11.1 Å². The molecule has 10 aromatic rings. The first-order valence-electron chi connectivity index (χ1n) is 23.6. The highest BCUT2D eigenvalue weighted by molar-refractivity contribution is 6.94. The summed E-state index contributed by atoms with van der Waals surface area (Å²) in [6.45, 7) is 11.7. The molecule has 0 saturated carbocycles. The predicted octanol–water partition coefficient (Wildman–Crippen LogP) is 14.6. The number of hydrogen-bond acceptors (Lipinski definition) is 3. The van der Waals surface area contributed by atoms with Gasteiger partial charge < -0.3 is 14.1 Å². The van der Waals surface area contributed by atoms with E-state index in [-0.39, 0.29) is 17.7 Å². The quantitative estimate of drug-likeness (QED) is 0.154. The third kappa shape index (κ3) is 4.23. The second kappa shape index (κ2) is 12.2. The van der Waals surface area contributed by atoms with Crippen molar-refractivity contribution in [2.45, 2.75) is 50.9 Å². The van der Waals surface area contributed by atoms with E-state index in [2.05, 4.69) is 226 Å². The van der Waals surface area contributed by atoms with Crippen molar-refractivity contribution in [3.8, 4) is 33.4 Å². The topological polar surface area (TPSA) is 19.6 Å². The van der Waals surface area contributed by atoms with Crippen molar-refractivity contribution in [3.05, 3.63) is 221 Å². The maximum Gasteiger partial charge on any atom is 0.333 e. The number of nitrogens with zero attached hydrogens (tertiary/aromatic N) is 2. The molecule has 15 rings (SSSR count).